The lowest BCUT2D eigenvalue weighted by Gasteiger charge is -2.26. The van der Waals surface area contributed by atoms with Gasteiger partial charge in [0.25, 0.3) is 0 Å². The minimum Gasteiger partial charge on any atom is -0.481 e. The van der Waals surface area contributed by atoms with Crippen LogP contribution in [0.3, 0.4) is 0 Å². The van der Waals surface area contributed by atoms with E-state index in [0.717, 1.165) is 12.8 Å². The van der Waals surface area contributed by atoms with Crippen molar-refractivity contribution in [2.75, 3.05) is 26.3 Å². The molecule has 0 aromatic heterocycles. The Balaban J connectivity index is 2.10. The molecule has 0 atom stereocenters. The number of hydrogen-bond donors (Lipinski definition) is 3. The first-order valence-electron chi connectivity index (χ1n) is 6.40. The quantitative estimate of drug-likeness (QED) is 0.557. The largest absolute Gasteiger partial charge is 0.481 e. The van der Waals surface area contributed by atoms with Crippen LogP contribution in [0.2, 0.25) is 0 Å². The Morgan fingerprint density at radius 1 is 1.28 bits per heavy atom. The zero-order valence-corrected chi connectivity index (χ0v) is 10.6. The van der Waals surface area contributed by atoms with Gasteiger partial charge in [-0.1, -0.05) is 0 Å². The molecule has 0 aliphatic heterocycles. The molecule has 104 valence electrons. The Morgan fingerprint density at radius 2 is 1.94 bits per heavy atom. The van der Waals surface area contributed by atoms with E-state index in [4.69, 9.17) is 15.6 Å². The summed E-state index contributed by atoms with van der Waals surface area (Å²) in [4.78, 5) is 22.1. The summed E-state index contributed by atoms with van der Waals surface area (Å²) in [6.07, 6.45) is 3.14. The maximum absolute atomic E-state index is 11.4. The molecule has 6 nitrogen and oxygen atoms in total. The SMILES string of the molecule is NCCOCC(=O)NCC1CCC(C(=O)O)CC1. The van der Waals surface area contributed by atoms with Gasteiger partial charge in [-0.25, -0.2) is 0 Å². The molecule has 18 heavy (non-hydrogen) atoms. The predicted molar refractivity (Wildman–Crippen MR) is 66.0 cm³/mol. The van der Waals surface area contributed by atoms with Crippen LogP contribution in [0.25, 0.3) is 0 Å². The molecule has 1 fully saturated rings. The molecule has 0 radical (unpaired) electrons. The normalized spacial score (nSPS) is 23.6. The number of hydrogen-bond acceptors (Lipinski definition) is 4. The van der Waals surface area contributed by atoms with Crippen molar-refractivity contribution in [3.8, 4) is 0 Å². The average Bonchev–Trinajstić information content (AvgIpc) is 2.37. The van der Waals surface area contributed by atoms with Gasteiger partial charge in [-0.15, -0.1) is 0 Å². The van der Waals surface area contributed by atoms with Crippen LogP contribution in [-0.2, 0) is 14.3 Å². The highest BCUT2D eigenvalue weighted by molar-refractivity contribution is 5.77. The van der Waals surface area contributed by atoms with Crippen molar-refractivity contribution in [1.82, 2.24) is 5.32 Å². The van der Waals surface area contributed by atoms with E-state index < -0.39 is 5.97 Å². The third kappa shape index (κ3) is 5.46. The molecule has 6 heteroatoms. The van der Waals surface area contributed by atoms with E-state index in [-0.39, 0.29) is 18.4 Å². The second-order valence-corrected chi connectivity index (χ2v) is 4.70. The molecule has 0 saturated heterocycles. The molecule has 1 aliphatic rings. The lowest BCUT2D eigenvalue weighted by atomic mass is 9.82. The van der Waals surface area contributed by atoms with Gasteiger partial charge in [-0.05, 0) is 31.6 Å². The van der Waals surface area contributed by atoms with E-state index in [0.29, 0.717) is 38.5 Å². The third-order valence-electron chi connectivity index (χ3n) is 3.28. The topological polar surface area (TPSA) is 102 Å². The van der Waals surface area contributed by atoms with Crippen molar-refractivity contribution in [2.45, 2.75) is 25.7 Å². The standard InChI is InChI=1S/C12H22N2O4/c13-5-6-18-8-11(15)14-7-9-1-3-10(4-2-9)12(16)17/h9-10H,1-8,13H2,(H,14,15)(H,16,17). The molecule has 1 saturated carbocycles. The molecule has 0 spiro atoms. The Labute approximate surface area is 107 Å². The number of aliphatic carboxylic acids is 1. The molecule has 0 bridgehead atoms. The molecular weight excluding hydrogens is 236 g/mol. The smallest absolute Gasteiger partial charge is 0.306 e. The molecule has 0 aromatic rings. The van der Waals surface area contributed by atoms with Crippen LogP contribution in [0.1, 0.15) is 25.7 Å². The van der Waals surface area contributed by atoms with Gasteiger partial charge >= 0.3 is 5.97 Å². The van der Waals surface area contributed by atoms with E-state index in [1.807, 2.05) is 0 Å². The highest BCUT2D eigenvalue weighted by atomic mass is 16.5. The van der Waals surface area contributed by atoms with Crippen LogP contribution in [0, 0.1) is 11.8 Å². The van der Waals surface area contributed by atoms with E-state index in [9.17, 15) is 9.59 Å². The maximum atomic E-state index is 11.4. The summed E-state index contributed by atoms with van der Waals surface area (Å²) in [6, 6.07) is 0. The molecular formula is C12H22N2O4. The van der Waals surface area contributed by atoms with Gasteiger partial charge in [0.1, 0.15) is 6.61 Å². The second kappa shape index (κ2) is 8.05. The average molecular weight is 258 g/mol. The number of rotatable bonds is 7. The van der Waals surface area contributed by atoms with Gasteiger partial charge in [-0.3, -0.25) is 9.59 Å². The number of carbonyl (C=O) groups excluding carboxylic acids is 1. The minimum atomic E-state index is -0.701. The van der Waals surface area contributed by atoms with Crippen molar-refractivity contribution in [3.63, 3.8) is 0 Å². The molecule has 1 rings (SSSR count). The summed E-state index contributed by atoms with van der Waals surface area (Å²) in [5.74, 6) is -0.652. The zero-order valence-electron chi connectivity index (χ0n) is 10.6. The van der Waals surface area contributed by atoms with Gasteiger partial charge in [-0.2, -0.15) is 0 Å². The summed E-state index contributed by atoms with van der Waals surface area (Å²) in [6.45, 7) is 1.45. The van der Waals surface area contributed by atoms with Crippen molar-refractivity contribution in [1.29, 1.82) is 0 Å². The van der Waals surface area contributed by atoms with Crippen LogP contribution in [0.4, 0.5) is 0 Å². The monoisotopic (exact) mass is 258 g/mol. The number of carboxylic acids is 1. The number of carboxylic acid groups (broad SMARTS) is 1. The van der Waals surface area contributed by atoms with E-state index in [1.165, 1.54) is 0 Å². The van der Waals surface area contributed by atoms with Crippen molar-refractivity contribution < 1.29 is 19.4 Å². The molecule has 0 unspecified atom stereocenters. The van der Waals surface area contributed by atoms with Crippen molar-refractivity contribution in [2.24, 2.45) is 17.6 Å². The van der Waals surface area contributed by atoms with Crippen LogP contribution in [0.15, 0.2) is 0 Å². The zero-order chi connectivity index (χ0) is 13.4. The Morgan fingerprint density at radius 3 is 2.50 bits per heavy atom. The number of ether oxygens (including phenoxy) is 1. The van der Waals surface area contributed by atoms with Crippen LogP contribution in [-0.4, -0.2) is 43.3 Å². The summed E-state index contributed by atoms with van der Waals surface area (Å²) >= 11 is 0. The predicted octanol–water partition coefficient (Wildman–Crippen LogP) is -0.0311. The lowest BCUT2D eigenvalue weighted by molar-refractivity contribution is -0.143. The first-order chi connectivity index (χ1) is 8.63. The maximum Gasteiger partial charge on any atom is 0.306 e. The van der Waals surface area contributed by atoms with Gasteiger partial charge in [0.2, 0.25) is 5.91 Å². The van der Waals surface area contributed by atoms with Crippen LogP contribution < -0.4 is 11.1 Å². The minimum absolute atomic E-state index is 0.0433. The fourth-order valence-electron chi connectivity index (χ4n) is 2.17. The summed E-state index contributed by atoms with van der Waals surface area (Å²) in [5, 5.41) is 11.7. The lowest BCUT2D eigenvalue weighted by Crippen LogP contribution is -2.34. The summed E-state index contributed by atoms with van der Waals surface area (Å²) in [7, 11) is 0. The molecule has 1 aliphatic carbocycles. The molecule has 1 amide bonds. The highest BCUT2D eigenvalue weighted by Gasteiger charge is 2.25. The van der Waals surface area contributed by atoms with Crippen molar-refractivity contribution >= 4 is 11.9 Å². The Bertz CT molecular complexity index is 275. The first kappa shape index (κ1) is 14.9. The Kier molecular flexibility index (Phi) is 6.67. The Hall–Kier alpha value is -1.14. The highest BCUT2D eigenvalue weighted by Crippen LogP contribution is 2.28. The summed E-state index contributed by atoms with van der Waals surface area (Å²) < 4.78 is 5.02. The van der Waals surface area contributed by atoms with Crippen LogP contribution in [0.5, 0.6) is 0 Å². The fraction of sp³-hybridized carbons (Fsp3) is 0.833. The molecule has 0 aromatic carbocycles. The van der Waals surface area contributed by atoms with E-state index in [2.05, 4.69) is 5.32 Å². The summed E-state index contributed by atoms with van der Waals surface area (Å²) in [5.41, 5.74) is 5.24. The third-order valence-corrected chi connectivity index (χ3v) is 3.28. The van der Waals surface area contributed by atoms with Gasteiger partial charge < -0.3 is 20.9 Å². The number of carbonyl (C=O) groups is 2. The number of nitrogens with one attached hydrogen (secondary N) is 1. The van der Waals surface area contributed by atoms with Crippen LogP contribution >= 0.6 is 0 Å². The number of nitrogens with two attached hydrogens (primary N) is 1. The molecule has 0 heterocycles. The first-order valence-corrected chi connectivity index (χ1v) is 6.40. The fourth-order valence-corrected chi connectivity index (χ4v) is 2.17. The van der Waals surface area contributed by atoms with Gasteiger partial charge in [0.15, 0.2) is 0 Å². The van der Waals surface area contributed by atoms with Crippen molar-refractivity contribution in [3.05, 3.63) is 0 Å². The van der Waals surface area contributed by atoms with Gasteiger partial charge in [0, 0.05) is 13.1 Å². The molecule has 4 N–H and O–H groups in total. The van der Waals surface area contributed by atoms with Gasteiger partial charge in [0.05, 0.1) is 12.5 Å². The number of amides is 1. The van der Waals surface area contributed by atoms with E-state index >= 15 is 0 Å². The second-order valence-electron chi connectivity index (χ2n) is 4.70. The van der Waals surface area contributed by atoms with E-state index in [1.54, 1.807) is 0 Å².